The van der Waals surface area contributed by atoms with Crippen molar-refractivity contribution in [3.63, 3.8) is 0 Å². The number of hydrogen-bond donors (Lipinski definition) is 1. The molecule has 0 atom stereocenters. The van der Waals surface area contributed by atoms with Crippen LogP contribution in [0.4, 0.5) is 4.79 Å². The fourth-order valence-corrected chi connectivity index (χ4v) is 0.564. The second-order valence-corrected chi connectivity index (χ2v) is 2.69. The van der Waals surface area contributed by atoms with Crippen LogP contribution in [-0.4, -0.2) is 31.3 Å². The third kappa shape index (κ3) is 7.27. The molecule has 0 bridgehead atoms. The summed E-state index contributed by atoms with van der Waals surface area (Å²) in [6, 6.07) is 0.176. The van der Waals surface area contributed by atoms with Crippen molar-refractivity contribution >= 4 is 12.1 Å². The molecule has 0 aliphatic heterocycles. The fraction of sp³-hybridized carbons (Fsp3) is 0.750. The standard InChI is InChI=1S/C8H15NO4/c1-4-12-8(11)13-7(10)5-9-6(2)3/h6,9H,4-5H2,1-3H3. The molecule has 0 aromatic carbocycles. The number of hydrogen-bond acceptors (Lipinski definition) is 5. The molecule has 0 heterocycles. The van der Waals surface area contributed by atoms with Gasteiger partial charge in [-0.25, -0.2) is 4.79 Å². The Balaban J connectivity index is 3.56. The van der Waals surface area contributed by atoms with Gasteiger partial charge in [0.1, 0.15) is 0 Å². The van der Waals surface area contributed by atoms with E-state index in [-0.39, 0.29) is 19.2 Å². The highest BCUT2D eigenvalue weighted by Gasteiger charge is 2.10. The van der Waals surface area contributed by atoms with E-state index >= 15 is 0 Å². The fourth-order valence-electron chi connectivity index (χ4n) is 0.564. The van der Waals surface area contributed by atoms with Crippen molar-refractivity contribution in [2.75, 3.05) is 13.2 Å². The largest absolute Gasteiger partial charge is 0.516 e. The smallest absolute Gasteiger partial charge is 0.434 e. The first kappa shape index (κ1) is 11.9. The number of rotatable bonds is 4. The molecule has 5 heteroatoms. The summed E-state index contributed by atoms with van der Waals surface area (Å²) >= 11 is 0. The van der Waals surface area contributed by atoms with Gasteiger partial charge in [-0.2, -0.15) is 0 Å². The first-order valence-corrected chi connectivity index (χ1v) is 4.17. The predicted molar refractivity (Wildman–Crippen MR) is 46.3 cm³/mol. The minimum atomic E-state index is -0.946. The molecule has 0 rings (SSSR count). The Kier molecular flexibility index (Phi) is 5.88. The monoisotopic (exact) mass is 189 g/mol. The quantitative estimate of drug-likeness (QED) is 0.520. The minimum absolute atomic E-state index is 0.0104. The Labute approximate surface area is 77.4 Å². The molecule has 0 unspecified atom stereocenters. The molecule has 0 aromatic rings. The van der Waals surface area contributed by atoms with Gasteiger partial charge in [-0.15, -0.1) is 0 Å². The Hall–Kier alpha value is -1.10. The Morgan fingerprint density at radius 1 is 1.38 bits per heavy atom. The van der Waals surface area contributed by atoms with Crippen molar-refractivity contribution in [3.8, 4) is 0 Å². The molecule has 0 radical (unpaired) electrons. The Morgan fingerprint density at radius 3 is 2.46 bits per heavy atom. The number of carbonyl (C=O) groups is 2. The van der Waals surface area contributed by atoms with E-state index in [4.69, 9.17) is 0 Å². The molecule has 5 nitrogen and oxygen atoms in total. The summed E-state index contributed by atoms with van der Waals surface area (Å²) in [7, 11) is 0. The van der Waals surface area contributed by atoms with E-state index in [9.17, 15) is 9.59 Å². The molecule has 0 aliphatic carbocycles. The van der Waals surface area contributed by atoms with Crippen molar-refractivity contribution in [2.45, 2.75) is 26.8 Å². The molecule has 0 saturated heterocycles. The molecule has 0 fully saturated rings. The summed E-state index contributed by atoms with van der Waals surface area (Å²) < 4.78 is 8.69. The van der Waals surface area contributed by atoms with E-state index in [1.54, 1.807) is 6.92 Å². The molecule has 13 heavy (non-hydrogen) atoms. The van der Waals surface area contributed by atoms with Gasteiger partial charge in [0.2, 0.25) is 0 Å². The molecule has 0 spiro atoms. The second-order valence-electron chi connectivity index (χ2n) is 2.69. The topological polar surface area (TPSA) is 64.6 Å². The molecule has 0 aliphatic rings. The molecule has 0 aromatic heterocycles. The summed E-state index contributed by atoms with van der Waals surface area (Å²) in [4.78, 5) is 21.5. The van der Waals surface area contributed by atoms with Gasteiger partial charge in [0.05, 0.1) is 13.2 Å². The zero-order chi connectivity index (χ0) is 10.3. The van der Waals surface area contributed by atoms with Crippen LogP contribution >= 0.6 is 0 Å². The van der Waals surface area contributed by atoms with Crippen LogP contribution in [0.1, 0.15) is 20.8 Å². The zero-order valence-electron chi connectivity index (χ0n) is 8.12. The highest BCUT2D eigenvalue weighted by molar-refractivity contribution is 5.83. The average Bonchev–Trinajstić information content (AvgIpc) is 2.01. The van der Waals surface area contributed by atoms with Gasteiger partial charge in [-0.1, -0.05) is 13.8 Å². The Morgan fingerprint density at radius 2 is 2.00 bits per heavy atom. The third-order valence-electron chi connectivity index (χ3n) is 1.11. The van der Waals surface area contributed by atoms with Crippen LogP contribution in [0.5, 0.6) is 0 Å². The number of esters is 1. The third-order valence-corrected chi connectivity index (χ3v) is 1.11. The lowest BCUT2D eigenvalue weighted by molar-refractivity contribution is -0.138. The van der Waals surface area contributed by atoms with Gasteiger partial charge in [0.25, 0.3) is 0 Å². The highest BCUT2D eigenvalue weighted by atomic mass is 16.7. The minimum Gasteiger partial charge on any atom is -0.434 e. The van der Waals surface area contributed by atoms with Gasteiger partial charge < -0.3 is 14.8 Å². The summed E-state index contributed by atoms with van der Waals surface area (Å²) in [5.74, 6) is -0.632. The highest BCUT2D eigenvalue weighted by Crippen LogP contribution is 1.86. The van der Waals surface area contributed by atoms with E-state index < -0.39 is 12.1 Å². The van der Waals surface area contributed by atoms with Crippen molar-refractivity contribution in [1.82, 2.24) is 5.32 Å². The van der Waals surface area contributed by atoms with Crippen molar-refractivity contribution in [1.29, 1.82) is 0 Å². The molecule has 1 N–H and O–H groups in total. The average molecular weight is 189 g/mol. The summed E-state index contributed by atoms with van der Waals surface area (Å²) in [5.41, 5.74) is 0. The lowest BCUT2D eigenvalue weighted by Crippen LogP contribution is -2.31. The lowest BCUT2D eigenvalue weighted by atomic mass is 10.4. The first-order valence-electron chi connectivity index (χ1n) is 4.17. The lowest BCUT2D eigenvalue weighted by Gasteiger charge is -2.06. The molecule has 0 saturated carbocycles. The SMILES string of the molecule is CCOC(=O)OC(=O)CNC(C)C. The Bertz CT molecular complexity index is 179. The number of nitrogens with one attached hydrogen (secondary N) is 1. The van der Waals surface area contributed by atoms with Crippen LogP contribution in [0, 0.1) is 0 Å². The molecular weight excluding hydrogens is 174 g/mol. The first-order chi connectivity index (χ1) is 6.06. The zero-order valence-corrected chi connectivity index (χ0v) is 8.12. The van der Waals surface area contributed by atoms with E-state index in [0.717, 1.165) is 0 Å². The van der Waals surface area contributed by atoms with Crippen molar-refractivity contribution in [3.05, 3.63) is 0 Å². The maximum absolute atomic E-state index is 10.8. The second kappa shape index (κ2) is 6.42. The summed E-state index contributed by atoms with van der Waals surface area (Å²) in [6.45, 7) is 5.62. The van der Waals surface area contributed by atoms with Crippen LogP contribution in [-0.2, 0) is 14.3 Å². The van der Waals surface area contributed by atoms with E-state index in [1.165, 1.54) is 0 Å². The normalized spacial score (nSPS) is 9.85. The predicted octanol–water partition coefficient (Wildman–Crippen LogP) is 0.684. The van der Waals surface area contributed by atoms with Crippen molar-refractivity contribution < 1.29 is 19.1 Å². The maximum Gasteiger partial charge on any atom is 0.516 e. The van der Waals surface area contributed by atoms with Crippen molar-refractivity contribution in [2.24, 2.45) is 0 Å². The van der Waals surface area contributed by atoms with Gasteiger partial charge in [-0.05, 0) is 6.92 Å². The molecule has 0 amide bonds. The van der Waals surface area contributed by atoms with Gasteiger partial charge >= 0.3 is 12.1 Å². The van der Waals surface area contributed by atoms with E-state index in [0.29, 0.717) is 0 Å². The van der Waals surface area contributed by atoms with Crippen LogP contribution in [0.2, 0.25) is 0 Å². The van der Waals surface area contributed by atoms with E-state index in [1.807, 2.05) is 13.8 Å². The van der Waals surface area contributed by atoms with Gasteiger partial charge in [0, 0.05) is 6.04 Å². The van der Waals surface area contributed by atoms with Gasteiger partial charge in [-0.3, -0.25) is 4.79 Å². The number of ether oxygens (including phenoxy) is 2. The van der Waals surface area contributed by atoms with Crippen LogP contribution < -0.4 is 5.32 Å². The van der Waals surface area contributed by atoms with Gasteiger partial charge in [0.15, 0.2) is 0 Å². The van der Waals surface area contributed by atoms with E-state index in [2.05, 4.69) is 14.8 Å². The van der Waals surface area contributed by atoms with Crippen LogP contribution in [0.3, 0.4) is 0 Å². The van der Waals surface area contributed by atoms with Crippen LogP contribution in [0.25, 0.3) is 0 Å². The van der Waals surface area contributed by atoms with Crippen LogP contribution in [0.15, 0.2) is 0 Å². The number of carbonyl (C=O) groups excluding carboxylic acids is 2. The molecule has 76 valence electrons. The molecular formula is C8H15NO4. The summed E-state index contributed by atoms with van der Waals surface area (Å²) in [6.07, 6.45) is -0.946. The summed E-state index contributed by atoms with van der Waals surface area (Å²) in [5, 5.41) is 2.81. The maximum atomic E-state index is 10.8.